The molecule has 1 aliphatic heterocycles. The van der Waals surface area contributed by atoms with Crippen molar-refractivity contribution in [2.24, 2.45) is 5.92 Å². The maximum Gasteiger partial charge on any atom is 0.131 e. The topological polar surface area (TPSA) is 67.3 Å². The minimum atomic E-state index is -0.486. The molecule has 0 amide bonds. The maximum absolute atomic E-state index is 10.2. The Kier molecular flexibility index (Phi) is 5.32. The van der Waals surface area contributed by atoms with Gasteiger partial charge >= 0.3 is 0 Å². The number of nitrogens with one attached hydrogen (secondary N) is 1. The lowest BCUT2D eigenvalue weighted by molar-refractivity contribution is 0.177. The average molecular weight is 404 g/mol. The first-order valence-corrected chi connectivity index (χ1v) is 10.3. The summed E-state index contributed by atoms with van der Waals surface area (Å²) in [6, 6.07) is 5.76. The largest absolute Gasteiger partial charge is 0.492 e. The first-order valence-electron chi connectivity index (χ1n) is 9.13. The predicted molar refractivity (Wildman–Crippen MR) is 110 cm³/mol. The summed E-state index contributed by atoms with van der Waals surface area (Å²) in [5.41, 5.74) is 3.49. The molecule has 5 nitrogen and oxygen atoms in total. The first-order chi connectivity index (χ1) is 13.1. The lowest BCUT2D eigenvalue weighted by Crippen LogP contribution is -2.45. The molecule has 1 atom stereocenters. The van der Waals surface area contributed by atoms with Crippen molar-refractivity contribution in [2.45, 2.75) is 26.4 Å². The number of nitrogens with zero attached hydrogens (tertiary/aromatic N) is 2. The molecule has 1 aliphatic rings. The zero-order chi connectivity index (χ0) is 19.0. The Hall–Kier alpha value is -1.73. The third-order valence-corrected chi connectivity index (χ3v) is 6.32. The number of ether oxygens (including phenoxy) is 1. The van der Waals surface area contributed by atoms with Crippen LogP contribution >= 0.6 is 22.9 Å². The summed E-state index contributed by atoms with van der Waals surface area (Å²) in [5.74, 6) is 1.35. The lowest BCUT2D eigenvalue weighted by Gasteiger charge is -2.27. The minimum absolute atomic E-state index is 0.486. The molecule has 0 saturated carbocycles. The van der Waals surface area contributed by atoms with Crippen molar-refractivity contribution in [3.63, 3.8) is 0 Å². The Balaban J connectivity index is 1.80. The number of thiophene rings is 1. The fourth-order valence-corrected chi connectivity index (χ4v) is 4.65. The molecular weight excluding hydrogens is 382 g/mol. The number of hydrogen-bond acceptors (Lipinski definition) is 6. The molecule has 1 saturated heterocycles. The Morgan fingerprint density at radius 2 is 2.15 bits per heavy atom. The third-order valence-electron chi connectivity index (χ3n) is 4.87. The molecule has 0 aliphatic carbocycles. The van der Waals surface area contributed by atoms with Gasteiger partial charge in [0, 0.05) is 34.5 Å². The molecule has 2 aromatic heterocycles. The van der Waals surface area contributed by atoms with E-state index in [9.17, 15) is 5.11 Å². The second-order valence-corrected chi connectivity index (χ2v) is 8.46. The highest BCUT2D eigenvalue weighted by molar-refractivity contribution is 7.19. The summed E-state index contributed by atoms with van der Waals surface area (Å²) in [5, 5.41) is 14.1. The average Bonchev–Trinajstić information content (AvgIpc) is 3.05. The van der Waals surface area contributed by atoms with Gasteiger partial charge in [-0.15, -0.1) is 11.3 Å². The minimum Gasteiger partial charge on any atom is -0.492 e. The van der Waals surface area contributed by atoms with Crippen molar-refractivity contribution in [3.05, 3.63) is 40.0 Å². The summed E-state index contributed by atoms with van der Waals surface area (Å²) in [6.07, 6.45) is 1.73. The fourth-order valence-electron chi connectivity index (χ4n) is 3.20. The molecule has 3 heterocycles. The van der Waals surface area contributed by atoms with Crippen molar-refractivity contribution in [1.29, 1.82) is 0 Å². The Morgan fingerprint density at radius 3 is 2.85 bits per heavy atom. The summed E-state index contributed by atoms with van der Waals surface area (Å²) in [4.78, 5) is 9.83. The molecule has 1 aromatic carbocycles. The van der Waals surface area contributed by atoms with Gasteiger partial charge in [0.25, 0.3) is 0 Å². The van der Waals surface area contributed by atoms with Crippen LogP contribution in [0.5, 0.6) is 5.75 Å². The van der Waals surface area contributed by atoms with Crippen molar-refractivity contribution < 1.29 is 9.84 Å². The van der Waals surface area contributed by atoms with Crippen LogP contribution in [0.2, 0.25) is 5.02 Å². The number of fused-ring (bicyclic) bond motifs is 1. The number of aliphatic hydroxyl groups excluding tert-OH is 1. The van der Waals surface area contributed by atoms with Crippen molar-refractivity contribution in [2.75, 3.05) is 19.7 Å². The molecular formula is C20H22ClN3O2S. The molecule has 27 heavy (non-hydrogen) atoms. The molecule has 7 heteroatoms. The van der Waals surface area contributed by atoms with Crippen LogP contribution in [0.3, 0.4) is 0 Å². The molecule has 142 valence electrons. The van der Waals surface area contributed by atoms with Crippen LogP contribution in [0.4, 0.5) is 0 Å². The molecule has 0 bridgehead atoms. The molecule has 0 radical (unpaired) electrons. The summed E-state index contributed by atoms with van der Waals surface area (Å²) < 4.78 is 7.14. The number of aliphatic hydroxyl groups is 1. The molecule has 2 N–H and O–H groups in total. The Morgan fingerprint density at radius 1 is 1.33 bits per heavy atom. The number of aromatic nitrogens is 2. The van der Waals surface area contributed by atoms with Crippen LogP contribution in [-0.2, 0) is 0 Å². The van der Waals surface area contributed by atoms with Gasteiger partial charge in [0.05, 0.1) is 28.6 Å². The van der Waals surface area contributed by atoms with Gasteiger partial charge < -0.3 is 15.2 Å². The number of benzene rings is 1. The van der Waals surface area contributed by atoms with Crippen molar-refractivity contribution in [1.82, 2.24) is 15.3 Å². The van der Waals surface area contributed by atoms with Crippen LogP contribution in [0.15, 0.2) is 24.5 Å². The summed E-state index contributed by atoms with van der Waals surface area (Å²) in [6.45, 7) is 6.61. The van der Waals surface area contributed by atoms with Gasteiger partial charge in [-0.25, -0.2) is 9.97 Å². The van der Waals surface area contributed by atoms with E-state index in [0.29, 0.717) is 24.0 Å². The predicted octanol–water partition coefficient (Wildman–Crippen LogP) is 4.36. The van der Waals surface area contributed by atoms with E-state index in [2.05, 4.69) is 15.3 Å². The van der Waals surface area contributed by atoms with E-state index in [4.69, 9.17) is 16.3 Å². The number of hydrogen-bond donors (Lipinski definition) is 2. The van der Waals surface area contributed by atoms with Gasteiger partial charge in [-0.3, -0.25) is 0 Å². The molecule has 4 rings (SSSR count). The number of aryl methyl sites for hydroxylation is 1. The van der Waals surface area contributed by atoms with Gasteiger partial charge in [-0.1, -0.05) is 18.5 Å². The highest BCUT2D eigenvalue weighted by Crippen LogP contribution is 2.41. The standard InChI is InChI=1S/C20H22ClN3O2S/c1-3-16(25)17-6-15-20(27-17)18(24-10-23-15)14-5-13(21)4-11(2)19(14)26-9-12-7-22-8-12/h4-6,10,12,16,22,25H,3,7-9H2,1-2H3. The second kappa shape index (κ2) is 7.72. The monoisotopic (exact) mass is 403 g/mol. The van der Waals surface area contributed by atoms with Crippen LogP contribution in [-0.4, -0.2) is 34.8 Å². The fraction of sp³-hybridized carbons (Fsp3) is 0.400. The zero-order valence-electron chi connectivity index (χ0n) is 15.3. The van der Waals surface area contributed by atoms with E-state index < -0.39 is 6.10 Å². The highest BCUT2D eigenvalue weighted by Gasteiger charge is 2.22. The third kappa shape index (κ3) is 3.67. The van der Waals surface area contributed by atoms with E-state index in [1.54, 1.807) is 6.33 Å². The molecule has 1 unspecified atom stereocenters. The van der Waals surface area contributed by atoms with Gasteiger partial charge in [0.15, 0.2) is 0 Å². The molecule has 0 spiro atoms. The van der Waals surface area contributed by atoms with Gasteiger partial charge in [-0.2, -0.15) is 0 Å². The van der Waals surface area contributed by atoms with E-state index >= 15 is 0 Å². The molecule has 3 aromatic rings. The summed E-state index contributed by atoms with van der Waals surface area (Å²) >= 11 is 7.89. The molecule has 1 fully saturated rings. The van der Waals surface area contributed by atoms with Crippen LogP contribution < -0.4 is 10.1 Å². The van der Waals surface area contributed by atoms with E-state index in [1.165, 1.54) is 11.3 Å². The maximum atomic E-state index is 10.2. The van der Waals surface area contributed by atoms with E-state index in [0.717, 1.165) is 50.8 Å². The van der Waals surface area contributed by atoms with Crippen LogP contribution in [0.25, 0.3) is 21.5 Å². The van der Waals surface area contributed by atoms with Gasteiger partial charge in [0.1, 0.15) is 12.1 Å². The number of halogens is 1. The number of rotatable bonds is 6. The van der Waals surface area contributed by atoms with E-state index in [-0.39, 0.29) is 0 Å². The van der Waals surface area contributed by atoms with Crippen molar-refractivity contribution in [3.8, 4) is 17.0 Å². The normalized spacial score (nSPS) is 15.7. The van der Waals surface area contributed by atoms with Crippen molar-refractivity contribution >= 4 is 33.2 Å². The zero-order valence-corrected chi connectivity index (χ0v) is 16.9. The second-order valence-electron chi connectivity index (χ2n) is 6.94. The highest BCUT2D eigenvalue weighted by atomic mass is 35.5. The van der Waals surface area contributed by atoms with Gasteiger partial charge in [0.2, 0.25) is 0 Å². The lowest BCUT2D eigenvalue weighted by atomic mass is 10.0. The summed E-state index contributed by atoms with van der Waals surface area (Å²) in [7, 11) is 0. The Labute approximate surface area is 167 Å². The van der Waals surface area contributed by atoms with Crippen LogP contribution in [0, 0.1) is 12.8 Å². The van der Waals surface area contributed by atoms with E-state index in [1.807, 2.05) is 32.0 Å². The first kappa shape index (κ1) is 18.6. The smallest absolute Gasteiger partial charge is 0.131 e. The van der Waals surface area contributed by atoms with Gasteiger partial charge in [-0.05, 0) is 37.1 Å². The SMILES string of the molecule is CCC(O)c1cc2ncnc(-c3cc(Cl)cc(C)c3OCC3CNC3)c2s1. The quantitative estimate of drug-likeness (QED) is 0.640. The Bertz CT molecular complexity index is 971. The van der Waals surface area contributed by atoms with Crippen LogP contribution in [0.1, 0.15) is 29.9 Å².